The fraction of sp³-hybridized carbons (Fsp3) is 0.0476. The van der Waals surface area contributed by atoms with Gasteiger partial charge in [0.25, 0.3) is 0 Å². The Bertz CT molecular complexity index is 1000. The van der Waals surface area contributed by atoms with Crippen molar-refractivity contribution in [2.75, 3.05) is 12.4 Å². The van der Waals surface area contributed by atoms with Gasteiger partial charge in [-0.1, -0.05) is 12.1 Å². The van der Waals surface area contributed by atoms with E-state index in [4.69, 9.17) is 5.41 Å². The topological polar surface area (TPSA) is 107 Å². The highest BCUT2D eigenvalue weighted by molar-refractivity contribution is 6.10. The molecule has 0 saturated carbocycles. The number of carbonyl (C=O) groups is 1. The zero-order chi connectivity index (χ0) is 19.8. The molecule has 4 N–H and O–H groups in total. The summed E-state index contributed by atoms with van der Waals surface area (Å²) in [7, 11) is 1.77. The molecule has 0 aliphatic carbocycles. The molecule has 3 aromatic rings. The molecule has 0 aliphatic heterocycles. The van der Waals surface area contributed by atoms with E-state index in [-0.39, 0.29) is 5.91 Å². The predicted octanol–water partition coefficient (Wildman–Crippen LogP) is 3.33. The third-order valence-electron chi connectivity index (χ3n) is 3.98. The molecule has 0 fully saturated rings. The van der Waals surface area contributed by atoms with E-state index in [9.17, 15) is 4.79 Å². The van der Waals surface area contributed by atoms with Gasteiger partial charge in [0, 0.05) is 66.5 Å². The smallest absolute Gasteiger partial charge is 0.248 e. The highest BCUT2D eigenvalue weighted by atomic mass is 16.1. The Hall–Kier alpha value is -4.00. The summed E-state index contributed by atoms with van der Waals surface area (Å²) in [6.07, 6.45) is 11.2. The molecule has 28 heavy (non-hydrogen) atoms. The maximum atomic E-state index is 12.3. The maximum Gasteiger partial charge on any atom is 0.248 e. The van der Waals surface area contributed by atoms with Gasteiger partial charge in [-0.05, 0) is 35.9 Å². The molecule has 7 heteroatoms. The van der Waals surface area contributed by atoms with E-state index in [0.717, 1.165) is 22.4 Å². The normalized spacial score (nSPS) is 11.4. The molecule has 1 amide bonds. The summed E-state index contributed by atoms with van der Waals surface area (Å²) in [6, 6.07) is 11.1. The Morgan fingerprint density at radius 3 is 2.68 bits per heavy atom. The highest BCUT2D eigenvalue weighted by Gasteiger charge is 2.05. The van der Waals surface area contributed by atoms with Crippen LogP contribution in [0.4, 0.5) is 5.69 Å². The van der Waals surface area contributed by atoms with Crippen molar-refractivity contribution in [1.82, 2.24) is 20.5 Å². The van der Waals surface area contributed by atoms with Gasteiger partial charge in [0.2, 0.25) is 5.91 Å². The van der Waals surface area contributed by atoms with E-state index >= 15 is 0 Å². The van der Waals surface area contributed by atoms with Gasteiger partial charge in [-0.15, -0.1) is 0 Å². The number of nitrogens with zero attached hydrogens (tertiary/aromatic N) is 2. The van der Waals surface area contributed by atoms with Gasteiger partial charge in [-0.2, -0.15) is 5.10 Å². The summed E-state index contributed by atoms with van der Waals surface area (Å²) < 4.78 is 0. The van der Waals surface area contributed by atoms with Crippen LogP contribution in [0, 0.1) is 5.41 Å². The van der Waals surface area contributed by atoms with Crippen LogP contribution >= 0.6 is 0 Å². The molecule has 140 valence electrons. The van der Waals surface area contributed by atoms with Gasteiger partial charge in [0.05, 0.1) is 5.69 Å². The second kappa shape index (κ2) is 9.09. The maximum absolute atomic E-state index is 12.3. The first-order valence-electron chi connectivity index (χ1n) is 8.63. The second-order valence-corrected chi connectivity index (χ2v) is 5.86. The predicted molar refractivity (Wildman–Crippen MR) is 112 cm³/mol. The first-order chi connectivity index (χ1) is 13.7. The Balaban J connectivity index is 1.71. The molecule has 0 saturated heterocycles. The summed E-state index contributed by atoms with van der Waals surface area (Å²) in [6.45, 7) is 0. The second-order valence-electron chi connectivity index (χ2n) is 5.86. The lowest BCUT2D eigenvalue weighted by molar-refractivity contribution is -0.111. The standard InChI is InChI=1S/C21H20N6O/c1-23-13-17(12-22)19-8-10-24-14-16(19)4-7-21(28)26-18-5-2-15(3-6-18)20-9-11-25-27-20/h2-14,22-23H,1H3,(H,25,27)(H,26,28)/b7-4+,17-13+,22-12?. The molecule has 2 aromatic heterocycles. The molecular weight excluding hydrogens is 352 g/mol. The molecular formula is C21H20N6O. The van der Waals surface area contributed by atoms with Crippen molar-refractivity contribution in [3.63, 3.8) is 0 Å². The van der Waals surface area contributed by atoms with Crippen molar-refractivity contribution in [3.8, 4) is 11.3 Å². The van der Waals surface area contributed by atoms with Crippen LogP contribution in [-0.4, -0.2) is 34.4 Å². The average Bonchev–Trinajstić information content (AvgIpc) is 3.26. The van der Waals surface area contributed by atoms with E-state index in [0.29, 0.717) is 11.3 Å². The minimum atomic E-state index is -0.253. The largest absolute Gasteiger partial charge is 0.393 e. The van der Waals surface area contributed by atoms with Crippen molar-refractivity contribution >= 4 is 29.5 Å². The van der Waals surface area contributed by atoms with Crippen LogP contribution in [0.25, 0.3) is 22.9 Å². The van der Waals surface area contributed by atoms with Crippen LogP contribution in [-0.2, 0) is 4.79 Å². The van der Waals surface area contributed by atoms with Crippen LogP contribution < -0.4 is 10.6 Å². The van der Waals surface area contributed by atoms with Crippen molar-refractivity contribution in [2.24, 2.45) is 0 Å². The van der Waals surface area contributed by atoms with Crippen LogP contribution in [0.3, 0.4) is 0 Å². The number of hydrogen-bond acceptors (Lipinski definition) is 5. The van der Waals surface area contributed by atoms with E-state index in [1.807, 2.05) is 30.3 Å². The molecule has 0 radical (unpaired) electrons. The first kappa shape index (κ1) is 18.8. The Morgan fingerprint density at radius 2 is 2.00 bits per heavy atom. The van der Waals surface area contributed by atoms with Crippen molar-refractivity contribution in [3.05, 3.63) is 78.4 Å². The van der Waals surface area contributed by atoms with Crippen LogP contribution in [0.5, 0.6) is 0 Å². The van der Waals surface area contributed by atoms with Crippen molar-refractivity contribution < 1.29 is 4.79 Å². The van der Waals surface area contributed by atoms with Crippen LogP contribution in [0.15, 0.2) is 67.3 Å². The van der Waals surface area contributed by atoms with Gasteiger partial charge in [0.15, 0.2) is 0 Å². The lowest BCUT2D eigenvalue weighted by Gasteiger charge is -2.06. The first-order valence-corrected chi connectivity index (χ1v) is 8.63. The zero-order valence-corrected chi connectivity index (χ0v) is 15.3. The minimum absolute atomic E-state index is 0.253. The third-order valence-corrected chi connectivity index (χ3v) is 3.98. The minimum Gasteiger partial charge on any atom is -0.393 e. The number of aromatic amines is 1. The number of amides is 1. The number of benzene rings is 1. The fourth-order valence-electron chi connectivity index (χ4n) is 2.65. The number of hydrogen-bond donors (Lipinski definition) is 4. The quantitative estimate of drug-likeness (QED) is 0.377. The average molecular weight is 372 g/mol. The SMILES string of the molecule is CN/C=C(\C=N)c1ccncc1/C=C/C(=O)Nc1ccc(-c2cc[nH]n2)cc1. The highest BCUT2D eigenvalue weighted by Crippen LogP contribution is 2.20. The number of pyridine rings is 1. The van der Waals surface area contributed by atoms with Gasteiger partial charge >= 0.3 is 0 Å². The molecule has 0 unspecified atom stereocenters. The lowest BCUT2D eigenvalue weighted by Crippen LogP contribution is -2.07. The summed E-state index contributed by atoms with van der Waals surface area (Å²) in [5, 5.41) is 20.2. The van der Waals surface area contributed by atoms with Gasteiger partial charge < -0.3 is 16.0 Å². The Morgan fingerprint density at radius 1 is 1.18 bits per heavy atom. The van der Waals surface area contributed by atoms with Crippen LogP contribution in [0.1, 0.15) is 11.1 Å². The number of anilines is 1. The van der Waals surface area contributed by atoms with E-state index in [1.54, 1.807) is 44.0 Å². The Labute approximate surface area is 162 Å². The van der Waals surface area contributed by atoms with E-state index in [1.165, 1.54) is 12.3 Å². The fourth-order valence-corrected chi connectivity index (χ4v) is 2.65. The monoisotopic (exact) mass is 372 g/mol. The zero-order valence-electron chi connectivity index (χ0n) is 15.3. The van der Waals surface area contributed by atoms with Crippen LogP contribution in [0.2, 0.25) is 0 Å². The van der Waals surface area contributed by atoms with Gasteiger partial charge in [0.1, 0.15) is 0 Å². The molecule has 0 spiro atoms. The summed E-state index contributed by atoms with van der Waals surface area (Å²) >= 11 is 0. The molecule has 0 bridgehead atoms. The van der Waals surface area contributed by atoms with Gasteiger partial charge in [-0.25, -0.2) is 0 Å². The molecule has 0 atom stereocenters. The number of rotatable bonds is 7. The molecule has 0 aliphatic rings. The number of nitrogens with one attached hydrogen (secondary N) is 4. The van der Waals surface area contributed by atoms with Gasteiger partial charge in [-0.3, -0.25) is 14.9 Å². The molecule has 1 aromatic carbocycles. The van der Waals surface area contributed by atoms with E-state index in [2.05, 4.69) is 25.8 Å². The van der Waals surface area contributed by atoms with E-state index < -0.39 is 0 Å². The molecule has 2 heterocycles. The molecule has 3 rings (SSSR count). The third kappa shape index (κ3) is 4.59. The number of carbonyl (C=O) groups excluding carboxylic acids is 1. The van der Waals surface area contributed by atoms with Crippen molar-refractivity contribution in [2.45, 2.75) is 0 Å². The summed E-state index contributed by atoms with van der Waals surface area (Å²) in [5.41, 5.74) is 4.75. The lowest BCUT2D eigenvalue weighted by atomic mass is 10.0. The number of allylic oxidation sites excluding steroid dienone is 1. The van der Waals surface area contributed by atoms with Crippen molar-refractivity contribution in [1.29, 1.82) is 5.41 Å². The Kier molecular flexibility index (Phi) is 6.10. The molecule has 7 nitrogen and oxygen atoms in total. The summed E-state index contributed by atoms with van der Waals surface area (Å²) in [4.78, 5) is 16.4. The number of H-pyrrole nitrogens is 1. The number of aromatic nitrogens is 3. The summed E-state index contributed by atoms with van der Waals surface area (Å²) in [5.74, 6) is -0.253.